The quantitative estimate of drug-likeness (QED) is 0.816. The number of carbonyl (C=O) groups is 1. The van der Waals surface area contributed by atoms with Gasteiger partial charge in [-0.3, -0.25) is 4.79 Å². The molecule has 2 aliphatic rings. The average molecular weight is 398 g/mol. The number of piperazine rings is 1. The number of anilines is 1. The first kappa shape index (κ1) is 20.6. The van der Waals surface area contributed by atoms with Gasteiger partial charge in [0.1, 0.15) is 11.9 Å². The minimum atomic E-state index is -0.0290. The van der Waals surface area contributed by atoms with Crippen molar-refractivity contribution in [1.82, 2.24) is 19.8 Å². The number of rotatable bonds is 2. The minimum Gasteiger partial charge on any atom is -0.385 e. The van der Waals surface area contributed by atoms with Crippen molar-refractivity contribution in [1.29, 1.82) is 0 Å². The lowest BCUT2D eigenvalue weighted by Crippen LogP contribution is -2.49. The molecule has 1 aromatic heterocycles. The summed E-state index contributed by atoms with van der Waals surface area (Å²) in [6.45, 7) is 3.24. The Kier molecular flexibility index (Phi) is 6.92. The molecule has 1 unspecified atom stereocenters. The van der Waals surface area contributed by atoms with Crippen LogP contribution in [-0.2, 0) is 13.5 Å². The third-order valence-electron chi connectivity index (χ3n) is 4.99. The number of amides is 1. The zero-order valence-corrected chi connectivity index (χ0v) is 16.4. The molecule has 26 heavy (non-hydrogen) atoms. The number of halogens is 2. The lowest BCUT2D eigenvalue weighted by molar-refractivity contribution is 0.0619. The van der Waals surface area contributed by atoms with Gasteiger partial charge in [-0.05, 0) is 30.5 Å². The van der Waals surface area contributed by atoms with Gasteiger partial charge in [-0.25, -0.2) is 4.98 Å². The summed E-state index contributed by atoms with van der Waals surface area (Å²) in [6, 6.07) is 5.98. The number of benzene rings is 1. The normalized spacial score (nSPS) is 18.8. The van der Waals surface area contributed by atoms with Crippen LogP contribution in [0.2, 0.25) is 0 Å². The van der Waals surface area contributed by atoms with E-state index in [0.29, 0.717) is 6.54 Å². The van der Waals surface area contributed by atoms with Gasteiger partial charge >= 0.3 is 0 Å². The van der Waals surface area contributed by atoms with E-state index in [1.54, 1.807) is 6.20 Å². The summed E-state index contributed by atoms with van der Waals surface area (Å²) in [7, 11) is 1.98. The summed E-state index contributed by atoms with van der Waals surface area (Å²) in [5.41, 5.74) is 3.10. The van der Waals surface area contributed by atoms with Gasteiger partial charge in [-0.15, -0.1) is 24.8 Å². The Morgan fingerprint density at radius 1 is 1.27 bits per heavy atom. The number of nitrogens with zero attached hydrogens (tertiary/aromatic N) is 3. The van der Waals surface area contributed by atoms with E-state index < -0.39 is 0 Å². The minimum absolute atomic E-state index is 0. The van der Waals surface area contributed by atoms with E-state index in [1.807, 2.05) is 34.8 Å². The molecule has 0 radical (unpaired) electrons. The van der Waals surface area contributed by atoms with E-state index in [1.165, 1.54) is 0 Å². The molecule has 6 nitrogen and oxygen atoms in total. The van der Waals surface area contributed by atoms with Crippen molar-refractivity contribution in [3.8, 4) is 0 Å². The molecule has 4 rings (SSSR count). The molecule has 1 atom stereocenters. The number of imidazole rings is 1. The Morgan fingerprint density at radius 3 is 2.88 bits per heavy atom. The second-order valence-electron chi connectivity index (χ2n) is 6.48. The molecular formula is C18H25Cl2N5O. The lowest BCUT2D eigenvalue weighted by atomic mass is 9.96. The number of hydrogen-bond donors (Lipinski definition) is 2. The Bertz CT molecular complexity index is 764. The number of aromatic nitrogens is 2. The first-order valence-electron chi connectivity index (χ1n) is 8.60. The molecule has 1 aromatic carbocycles. The second-order valence-corrected chi connectivity index (χ2v) is 6.48. The van der Waals surface area contributed by atoms with Crippen molar-refractivity contribution in [3.05, 3.63) is 47.5 Å². The van der Waals surface area contributed by atoms with Crippen molar-refractivity contribution in [3.63, 3.8) is 0 Å². The molecule has 8 heteroatoms. The van der Waals surface area contributed by atoms with Crippen molar-refractivity contribution >= 4 is 36.4 Å². The lowest BCUT2D eigenvalue weighted by Gasteiger charge is -2.36. The van der Waals surface area contributed by atoms with Crippen molar-refractivity contribution in [2.45, 2.75) is 18.9 Å². The van der Waals surface area contributed by atoms with Crippen LogP contribution < -0.4 is 10.6 Å². The summed E-state index contributed by atoms with van der Waals surface area (Å²) in [6.07, 6.45) is 5.76. The van der Waals surface area contributed by atoms with Gasteiger partial charge in [-0.1, -0.05) is 6.07 Å². The van der Waals surface area contributed by atoms with Crippen LogP contribution in [0, 0.1) is 0 Å². The SMILES string of the molecule is Cl.Cl.Cn1ccnc1C1CNCCN1C(=O)c1cccc2c1CCCN2. The fourth-order valence-corrected chi connectivity index (χ4v) is 3.74. The van der Waals surface area contributed by atoms with Gasteiger partial charge in [-0.2, -0.15) is 0 Å². The molecule has 2 N–H and O–H groups in total. The highest BCUT2D eigenvalue weighted by molar-refractivity contribution is 5.97. The van der Waals surface area contributed by atoms with Crippen LogP contribution in [0.25, 0.3) is 0 Å². The molecule has 0 aliphatic carbocycles. The highest BCUT2D eigenvalue weighted by atomic mass is 35.5. The van der Waals surface area contributed by atoms with E-state index in [9.17, 15) is 4.79 Å². The first-order valence-corrected chi connectivity index (χ1v) is 8.60. The highest BCUT2D eigenvalue weighted by Gasteiger charge is 2.32. The van der Waals surface area contributed by atoms with E-state index >= 15 is 0 Å². The van der Waals surface area contributed by atoms with Crippen molar-refractivity contribution in [2.75, 3.05) is 31.5 Å². The summed E-state index contributed by atoms with van der Waals surface area (Å²) in [5, 5.41) is 6.80. The van der Waals surface area contributed by atoms with Crippen molar-refractivity contribution < 1.29 is 4.79 Å². The molecule has 142 valence electrons. The predicted molar refractivity (Wildman–Crippen MR) is 108 cm³/mol. The molecule has 0 saturated carbocycles. The average Bonchev–Trinajstić information content (AvgIpc) is 3.06. The van der Waals surface area contributed by atoms with Crippen LogP contribution in [0.15, 0.2) is 30.6 Å². The van der Waals surface area contributed by atoms with Crippen LogP contribution in [0.5, 0.6) is 0 Å². The standard InChI is InChI=1S/C18H23N5O.2ClH/c1-22-10-9-21-17(22)16-12-19-8-11-23(16)18(24)14-4-2-6-15-13(14)5-3-7-20-15;;/h2,4,6,9-10,16,19-20H,3,5,7-8,11-12H2,1H3;2*1H. The first-order chi connectivity index (χ1) is 11.8. The Morgan fingerprint density at radius 2 is 2.12 bits per heavy atom. The van der Waals surface area contributed by atoms with Gasteiger partial charge in [0.05, 0.1) is 0 Å². The summed E-state index contributed by atoms with van der Waals surface area (Å²) in [4.78, 5) is 19.8. The van der Waals surface area contributed by atoms with Gasteiger partial charge in [0.15, 0.2) is 0 Å². The van der Waals surface area contributed by atoms with E-state index in [0.717, 1.165) is 55.1 Å². The molecule has 1 fully saturated rings. The summed E-state index contributed by atoms with van der Waals surface area (Å²) < 4.78 is 2.00. The summed E-state index contributed by atoms with van der Waals surface area (Å²) >= 11 is 0. The fourth-order valence-electron chi connectivity index (χ4n) is 3.74. The van der Waals surface area contributed by atoms with Gasteiger partial charge in [0, 0.05) is 56.9 Å². The van der Waals surface area contributed by atoms with Crippen LogP contribution in [0.4, 0.5) is 5.69 Å². The third kappa shape index (κ3) is 3.68. The van der Waals surface area contributed by atoms with E-state index in [-0.39, 0.29) is 36.8 Å². The summed E-state index contributed by atoms with van der Waals surface area (Å²) in [5.74, 6) is 1.04. The molecule has 3 heterocycles. The number of aryl methyl sites for hydroxylation is 1. The second kappa shape index (κ2) is 8.75. The molecule has 1 amide bonds. The van der Waals surface area contributed by atoms with Crippen LogP contribution in [0.3, 0.4) is 0 Å². The number of fused-ring (bicyclic) bond motifs is 1. The van der Waals surface area contributed by atoms with E-state index in [2.05, 4.69) is 21.7 Å². The third-order valence-corrected chi connectivity index (χ3v) is 4.99. The van der Waals surface area contributed by atoms with E-state index in [4.69, 9.17) is 0 Å². The van der Waals surface area contributed by atoms with Crippen LogP contribution >= 0.6 is 24.8 Å². The van der Waals surface area contributed by atoms with Crippen molar-refractivity contribution in [2.24, 2.45) is 7.05 Å². The smallest absolute Gasteiger partial charge is 0.254 e. The largest absolute Gasteiger partial charge is 0.385 e. The molecule has 0 spiro atoms. The topological polar surface area (TPSA) is 62.2 Å². The Balaban J connectivity index is 0.00000121. The molecule has 1 saturated heterocycles. The predicted octanol–water partition coefficient (Wildman–Crippen LogP) is 2.41. The number of carbonyl (C=O) groups excluding carboxylic acids is 1. The monoisotopic (exact) mass is 397 g/mol. The zero-order chi connectivity index (χ0) is 16.5. The number of hydrogen-bond acceptors (Lipinski definition) is 4. The van der Waals surface area contributed by atoms with Gasteiger partial charge in [0.25, 0.3) is 5.91 Å². The van der Waals surface area contributed by atoms with Crippen LogP contribution in [0.1, 0.15) is 34.2 Å². The highest BCUT2D eigenvalue weighted by Crippen LogP contribution is 2.29. The van der Waals surface area contributed by atoms with Gasteiger partial charge in [0.2, 0.25) is 0 Å². The maximum Gasteiger partial charge on any atom is 0.254 e. The molecule has 0 bridgehead atoms. The maximum atomic E-state index is 13.3. The Hall–Kier alpha value is -1.76. The molecular weight excluding hydrogens is 373 g/mol. The number of nitrogens with one attached hydrogen (secondary N) is 2. The molecule has 2 aromatic rings. The zero-order valence-electron chi connectivity index (χ0n) is 14.8. The Labute approximate surface area is 166 Å². The fraction of sp³-hybridized carbons (Fsp3) is 0.444. The maximum absolute atomic E-state index is 13.3. The van der Waals surface area contributed by atoms with Gasteiger partial charge < -0.3 is 20.1 Å². The molecule has 2 aliphatic heterocycles. The van der Waals surface area contributed by atoms with Crippen LogP contribution in [-0.4, -0.2) is 46.5 Å².